The maximum Gasteiger partial charge on any atom is 0.408 e. The van der Waals surface area contributed by atoms with E-state index in [1.807, 2.05) is 25.7 Å². The number of hydrogen-bond donors (Lipinski definition) is 1. The van der Waals surface area contributed by atoms with Crippen LogP contribution in [0.2, 0.25) is 0 Å². The standard InChI is InChI=1S/C28H41N5O4/c1-28(2,3)37-26(34)30-24(20-36-25-9-7-21(14-29)8-10-25)19-31-15-22-13-23(16-31)18-33(17-22)27(35)32-11-5-4-6-12-32/h7-10,22-24H,4-6,11-13,15-20H2,1-3H3,(H,30,34). The predicted molar refractivity (Wildman–Crippen MR) is 140 cm³/mol. The first-order valence-corrected chi connectivity index (χ1v) is 13.6. The van der Waals surface area contributed by atoms with Crippen molar-refractivity contribution in [3.05, 3.63) is 29.8 Å². The molecule has 3 saturated heterocycles. The zero-order valence-corrected chi connectivity index (χ0v) is 22.4. The molecule has 3 fully saturated rings. The molecule has 3 atom stereocenters. The van der Waals surface area contributed by atoms with Gasteiger partial charge in [0, 0.05) is 45.8 Å². The van der Waals surface area contributed by atoms with Crippen molar-refractivity contribution >= 4 is 12.1 Å². The molecule has 0 saturated carbocycles. The Morgan fingerprint density at radius 2 is 1.68 bits per heavy atom. The van der Waals surface area contributed by atoms with Crippen molar-refractivity contribution in [3.8, 4) is 11.8 Å². The lowest BCUT2D eigenvalue weighted by Crippen LogP contribution is -2.59. The molecule has 1 N–H and O–H groups in total. The number of ether oxygens (including phenoxy) is 2. The molecule has 202 valence electrons. The number of fused-ring (bicyclic) bond motifs is 2. The fraction of sp³-hybridized carbons (Fsp3) is 0.679. The number of nitrogens with zero attached hydrogens (tertiary/aromatic N) is 4. The summed E-state index contributed by atoms with van der Waals surface area (Å²) in [6.07, 6.45) is 4.12. The highest BCUT2D eigenvalue weighted by atomic mass is 16.6. The number of hydrogen-bond acceptors (Lipinski definition) is 6. The number of urea groups is 1. The maximum atomic E-state index is 13.1. The monoisotopic (exact) mass is 511 g/mol. The molecule has 0 radical (unpaired) electrons. The summed E-state index contributed by atoms with van der Waals surface area (Å²) >= 11 is 0. The summed E-state index contributed by atoms with van der Waals surface area (Å²) in [5, 5.41) is 12.0. The number of likely N-dealkylation sites (tertiary alicyclic amines) is 3. The molecular weight excluding hydrogens is 470 g/mol. The van der Waals surface area contributed by atoms with E-state index in [0.717, 1.165) is 58.5 Å². The van der Waals surface area contributed by atoms with Crippen LogP contribution in [0, 0.1) is 23.2 Å². The van der Waals surface area contributed by atoms with E-state index in [1.54, 1.807) is 24.3 Å². The van der Waals surface area contributed by atoms with Gasteiger partial charge in [0.1, 0.15) is 18.0 Å². The molecule has 37 heavy (non-hydrogen) atoms. The third-order valence-corrected chi connectivity index (χ3v) is 7.19. The number of nitriles is 1. The number of piperidine rings is 3. The van der Waals surface area contributed by atoms with E-state index in [-0.39, 0.29) is 18.7 Å². The summed E-state index contributed by atoms with van der Waals surface area (Å²) in [6.45, 7) is 11.6. The lowest BCUT2D eigenvalue weighted by molar-refractivity contribution is 0.0247. The first-order chi connectivity index (χ1) is 17.7. The van der Waals surface area contributed by atoms with E-state index >= 15 is 0 Å². The molecule has 4 rings (SSSR count). The average molecular weight is 512 g/mol. The highest BCUT2D eigenvalue weighted by molar-refractivity contribution is 5.74. The second-order valence-electron chi connectivity index (χ2n) is 11.7. The van der Waals surface area contributed by atoms with Crippen LogP contribution in [-0.2, 0) is 4.74 Å². The van der Waals surface area contributed by atoms with Crippen LogP contribution in [0.15, 0.2) is 24.3 Å². The Hall–Kier alpha value is -2.99. The van der Waals surface area contributed by atoms with E-state index in [9.17, 15) is 9.59 Å². The smallest absolute Gasteiger partial charge is 0.408 e. The minimum absolute atomic E-state index is 0.211. The summed E-state index contributed by atoms with van der Waals surface area (Å²) in [4.78, 5) is 32.2. The first kappa shape index (κ1) is 27.1. The van der Waals surface area contributed by atoms with Gasteiger partial charge in [-0.25, -0.2) is 9.59 Å². The molecule has 9 heteroatoms. The minimum Gasteiger partial charge on any atom is -0.491 e. The number of carbonyl (C=O) groups is 2. The van der Waals surface area contributed by atoms with Crippen molar-refractivity contribution in [1.82, 2.24) is 20.0 Å². The summed E-state index contributed by atoms with van der Waals surface area (Å²) in [7, 11) is 0. The van der Waals surface area contributed by atoms with Crippen LogP contribution in [0.4, 0.5) is 9.59 Å². The van der Waals surface area contributed by atoms with Crippen molar-refractivity contribution in [2.75, 3.05) is 52.4 Å². The Kier molecular flexibility index (Phi) is 8.80. The Bertz CT molecular complexity index is 950. The van der Waals surface area contributed by atoms with Gasteiger partial charge >= 0.3 is 12.1 Å². The van der Waals surface area contributed by atoms with Gasteiger partial charge in [-0.05, 0) is 82.6 Å². The molecule has 0 aromatic heterocycles. The van der Waals surface area contributed by atoms with Crippen LogP contribution in [0.1, 0.15) is 52.0 Å². The van der Waals surface area contributed by atoms with Gasteiger partial charge in [-0.15, -0.1) is 0 Å². The number of nitrogens with one attached hydrogen (secondary N) is 1. The topological polar surface area (TPSA) is 98.1 Å². The third-order valence-electron chi connectivity index (χ3n) is 7.19. The van der Waals surface area contributed by atoms with Crippen LogP contribution in [0.5, 0.6) is 5.75 Å². The molecule has 3 aliphatic rings. The fourth-order valence-electron chi connectivity index (χ4n) is 5.73. The molecule has 9 nitrogen and oxygen atoms in total. The van der Waals surface area contributed by atoms with E-state index in [4.69, 9.17) is 14.7 Å². The van der Waals surface area contributed by atoms with Gasteiger partial charge in [0.15, 0.2) is 0 Å². The maximum absolute atomic E-state index is 13.1. The normalized spacial score (nSPS) is 23.1. The van der Waals surface area contributed by atoms with Gasteiger partial charge in [-0.3, -0.25) is 0 Å². The van der Waals surface area contributed by atoms with E-state index < -0.39 is 11.7 Å². The highest BCUT2D eigenvalue weighted by Crippen LogP contribution is 2.30. The van der Waals surface area contributed by atoms with Crippen LogP contribution in [0.3, 0.4) is 0 Å². The molecule has 1 aromatic carbocycles. The van der Waals surface area contributed by atoms with Crippen molar-refractivity contribution < 1.29 is 19.1 Å². The van der Waals surface area contributed by atoms with Crippen LogP contribution in [0.25, 0.3) is 0 Å². The first-order valence-electron chi connectivity index (χ1n) is 13.6. The van der Waals surface area contributed by atoms with Gasteiger partial charge in [-0.1, -0.05) is 0 Å². The van der Waals surface area contributed by atoms with Gasteiger partial charge < -0.3 is 29.5 Å². The Morgan fingerprint density at radius 3 is 2.27 bits per heavy atom. The Balaban J connectivity index is 1.35. The summed E-state index contributed by atoms with van der Waals surface area (Å²) in [6, 6.07) is 9.01. The molecule has 3 heterocycles. The number of alkyl carbamates (subject to hydrolysis) is 1. The summed E-state index contributed by atoms with van der Waals surface area (Å²) < 4.78 is 11.5. The molecule has 0 aliphatic carbocycles. The number of benzene rings is 1. The molecule has 0 spiro atoms. The van der Waals surface area contributed by atoms with Crippen molar-refractivity contribution in [2.24, 2.45) is 11.8 Å². The average Bonchev–Trinajstić information content (AvgIpc) is 2.86. The van der Waals surface area contributed by atoms with E-state index in [2.05, 4.69) is 21.2 Å². The summed E-state index contributed by atoms with van der Waals surface area (Å²) in [5.74, 6) is 1.52. The minimum atomic E-state index is -0.588. The second-order valence-corrected chi connectivity index (χ2v) is 11.7. The summed E-state index contributed by atoms with van der Waals surface area (Å²) in [5.41, 5.74) is -0.0155. The molecule has 3 aliphatic heterocycles. The zero-order chi connectivity index (χ0) is 26.4. The Labute approximate surface area is 220 Å². The number of amides is 3. The van der Waals surface area contributed by atoms with Gasteiger partial charge in [-0.2, -0.15) is 5.26 Å². The van der Waals surface area contributed by atoms with Gasteiger partial charge in [0.05, 0.1) is 17.7 Å². The van der Waals surface area contributed by atoms with Crippen LogP contribution in [-0.4, -0.2) is 90.9 Å². The van der Waals surface area contributed by atoms with Gasteiger partial charge in [0.2, 0.25) is 0 Å². The van der Waals surface area contributed by atoms with Gasteiger partial charge in [0.25, 0.3) is 0 Å². The molecular formula is C28H41N5O4. The van der Waals surface area contributed by atoms with E-state index in [1.165, 1.54) is 6.42 Å². The molecule has 1 aromatic rings. The lowest BCUT2D eigenvalue weighted by Gasteiger charge is -2.47. The third kappa shape index (κ3) is 8.00. The molecule has 3 unspecified atom stereocenters. The van der Waals surface area contributed by atoms with E-state index in [0.29, 0.717) is 29.7 Å². The highest BCUT2D eigenvalue weighted by Gasteiger charge is 2.38. The zero-order valence-electron chi connectivity index (χ0n) is 22.4. The van der Waals surface area contributed by atoms with Crippen molar-refractivity contribution in [1.29, 1.82) is 5.26 Å². The Morgan fingerprint density at radius 1 is 1.03 bits per heavy atom. The van der Waals surface area contributed by atoms with Crippen molar-refractivity contribution in [3.63, 3.8) is 0 Å². The quantitative estimate of drug-likeness (QED) is 0.626. The molecule has 3 amide bonds. The van der Waals surface area contributed by atoms with Crippen molar-refractivity contribution in [2.45, 2.75) is 58.1 Å². The van der Waals surface area contributed by atoms with Crippen LogP contribution < -0.4 is 10.1 Å². The second kappa shape index (κ2) is 12.0. The predicted octanol–water partition coefficient (Wildman–Crippen LogP) is 3.69. The molecule has 2 bridgehead atoms. The fourth-order valence-corrected chi connectivity index (χ4v) is 5.73. The van der Waals surface area contributed by atoms with Crippen LogP contribution >= 0.6 is 0 Å². The number of rotatable bonds is 6. The SMILES string of the molecule is CC(C)(C)OC(=O)NC(COc1ccc(C#N)cc1)CN1CC2CC(C1)CN(C(=O)N1CCCCC1)C2. The largest absolute Gasteiger partial charge is 0.491 e. The lowest BCUT2D eigenvalue weighted by atomic mass is 9.84. The number of carbonyl (C=O) groups excluding carboxylic acids is 2.